The Labute approximate surface area is 133 Å². The van der Waals surface area contributed by atoms with Crippen molar-refractivity contribution >= 4 is 23.0 Å². The van der Waals surface area contributed by atoms with Crippen molar-refractivity contribution in [3.05, 3.63) is 66.0 Å². The first-order chi connectivity index (χ1) is 10.6. The van der Waals surface area contributed by atoms with E-state index >= 15 is 0 Å². The summed E-state index contributed by atoms with van der Waals surface area (Å²) >= 11 is 6.31. The minimum atomic E-state index is 0.133. The first-order valence-electron chi connectivity index (χ1n) is 6.67. The summed E-state index contributed by atoms with van der Waals surface area (Å²) in [5.41, 5.74) is 14.5. The van der Waals surface area contributed by atoms with Gasteiger partial charge >= 0.3 is 0 Å². The Hall–Kier alpha value is -2.79. The van der Waals surface area contributed by atoms with Gasteiger partial charge in [0, 0.05) is 29.7 Å². The van der Waals surface area contributed by atoms with Crippen LogP contribution in [-0.2, 0) is 0 Å². The summed E-state index contributed by atoms with van der Waals surface area (Å²) < 4.78 is 0. The molecule has 1 heterocycles. The molecule has 112 valence electrons. The minimum absolute atomic E-state index is 0.133. The highest BCUT2D eigenvalue weighted by atomic mass is 35.5. The second-order valence-electron chi connectivity index (χ2n) is 4.78. The van der Waals surface area contributed by atoms with Gasteiger partial charge in [-0.25, -0.2) is 5.12 Å². The average Bonchev–Trinajstić information content (AvgIpc) is 2.53. The van der Waals surface area contributed by atoms with Gasteiger partial charge in [0.05, 0.1) is 10.7 Å². The van der Waals surface area contributed by atoms with E-state index in [0.29, 0.717) is 22.0 Å². The Balaban J connectivity index is 1.89. The summed E-state index contributed by atoms with van der Waals surface area (Å²) in [5.74, 6) is 0.133. The Morgan fingerprint density at radius 2 is 1.91 bits per heavy atom. The Morgan fingerprint density at radius 3 is 2.59 bits per heavy atom. The van der Waals surface area contributed by atoms with Crippen LogP contribution in [0.3, 0.4) is 0 Å². The van der Waals surface area contributed by atoms with Crippen LogP contribution in [-0.4, -0.2) is 10.2 Å². The van der Waals surface area contributed by atoms with E-state index in [-0.39, 0.29) is 5.75 Å². The number of nitrogens with one attached hydrogen (secondary N) is 2. The Kier molecular flexibility index (Phi) is 3.80. The second kappa shape index (κ2) is 5.91. The molecule has 1 aliphatic rings. The van der Waals surface area contributed by atoms with Crippen LogP contribution in [0.2, 0.25) is 5.02 Å². The number of anilines is 2. The van der Waals surface area contributed by atoms with Gasteiger partial charge in [-0.3, -0.25) is 10.9 Å². The number of allylic oxidation sites excluding steroid dienone is 2. The first-order valence-corrected chi connectivity index (χ1v) is 7.05. The molecule has 0 spiro atoms. The van der Waals surface area contributed by atoms with E-state index in [1.54, 1.807) is 41.8 Å². The lowest BCUT2D eigenvalue weighted by atomic mass is 10.0. The quantitative estimate of drug-likeness (QED) is 0.653. The van der Waals surface area contributed by atoms with E-state index in [9.17, 15) is 5.11 Å². The molecular weight excluding hydrogens is 300 g/mol. The highest BCUT2D eigenvalue weighted by Gasteiger charge is 2.11. The number of hydrogen-bond donors (Lipinski definition) is 4. The molecule has 0 fully saturated rings. The van der Waals surface area contributed by atoms with E-state index in [1.807, 2.05) is 24.3 Å². The van der Waals surface area contributed by atoms with Crippen LogP contribution in [0, 0.1) is 0 Å². The van der Waals surface area contributed by atoms with Gasteiger partial charge in [-0.15, -0.1) is 0 Å². The molecule has 2 aromatic carbocycles. The number of halogens is 1. The Bertz CT molecular complexity index is 741. The molecule has 0 radical (unpaired) electrons. The van der Waals surface area contributed by atoms with Crippen LogP contribution < -0.4 is 16.6 Å². The summed E-state index contributed by atoms with van der Waals surface area (Å²) in [5, 5.41) is 12.4. The molecule has 5 nitrogen and oxygen atoms in total. The first kappa shape index (κ1) is 14.2. The lowest BCUT2D eigenvalue weighted by Gasteiger charge is -2.24. The molecule has 0 bridgehead atoms. The van der Waals surface area contributed by atoms with Crippen LogP contribution >= 0.6 is 11.6 Å². The molecule has 6 heteroatoms. The molecule has 0 unspecified atom stereocenters. The van der Waals surface area contributed by atoms with Crippen molar-refractivity contribution in [2.75, 3.05) is 11.2 Å². The maximum Gasteiger partial charge on any atom is 0.125 e. The molecule has 0 atom stereocenters. The normalized spacial score (nSPS) is 13.0. The van der Waals surface area contributed by atoms with E-state index in [2.05, 4.69) is 10.9 Å². The number of hydrazine groups is 2. The highest BCUT2D eigenvalue weighted by Crippen LogP contribution is 2.37. The molecule has 0 amide bonds. The van der Waals surface area contributed by atoms with Gasteiger partial charge in [-0.05, 0) is 35.9 Å². The fourth-order valence-electron chi connectivity index (χ4n) is 2.10. The molecule has 0 saturated carbocycles. The SMILES string of the molecule is Nc1ccc(-c2cc(Cl)c(NN3C=CC=CN3)cc2O)cc1. The maximum atomic E-state index is 10.3. The third-order valence-corrected chi connectivity index (χ3v) is 3.52. The zero-order chi connectivity index (χ0) is 15.5. The van der Waals surface area contributed by atoms with Crippen molar-refractivity contribution in [2.45, 2.75) is 0 Å². The van der Waals surface area contributed by atoms with Crippen LogP contribution in [0.4, 0.5) is 11.4 Å². The fraction of sp³-hybridized carbons (Fsp3) is 0. The number of phenolic OH excluding ortho intramolecular Hbond substituents is 1. The lowest BCUT2D eigenvalue weighted by Crippen LogP contribution is -2.35. The van der Waals surface area contributed by atoms with E-state index in [1.165, 1.54) is 0 Å². The minimum Gasteiger partial charge on any atom is -0.507 e. The van der Waals surface area contributed by atoms with Gasteiger partial charge in [-0.2, -0.15) is 0 Å². The largest absolute Gasteiger partial charge is 0.507 e. The summed E-state index contributed by atoms with van der Waals surface area (Å²) in [4.78, 5) is 0. The zero-order valence-corrected chi connectivity index (χ0v) is 12.4. The topological polar surface area (TPSA) is 73.5 Å². The smallest absolute Gasteiger partial charge is 0.125 e. The average molecular weight is 315 g/mol. The van der Waals surface area contributed by atoms with Crippen molar-refractivity contribution in [1.82, 2.24) is 10.5 Å². The van der Waals surface area contributed by atoms with Crippen LogP contribution in [0.25, 0.3) is 11.1 Å². The molecule has 5 N–H and O–H groups in total. The van der Waals surface area contributed by atoms with Gasteiger partial charge in [0.15, 0.2) is 0 Å². The van der Waals surface area contributed by atoms with Gasteiger partial charge in [0.1, 0.15) is 5.75 Å². The van der Waals surface area contributed by atoms with Crippen LogP contribution in [0.15, 0.2) is 61.0 Å². The van der Waals surface area contributed by atoms with Crippen LogP contribution in [0.5, 0.6) is 5.75 Å². The van der Waals surface area contributed by atoms with Gasteiger partial charge < -0.3 is 10.8 Å². The molecule has 0 aromatic heterocycles. The van der Waals surface area contributed by atoms with Gasteiger partial charge in [0.25, 0.3) is 0 Å². The third-order valence-electron chi connectivity index (χ3n) is 3.20. The van der Waals surface area contributed by atoms with Crippen molar-refractivity contribution in [1.29, 1.82) is 0 Å². The number of phenols is 1. The molecule has 2 aromatic rings. The maximum absolute atomic E-state index is 10.3. The predicted octanol–water partition coefficient (Wildman–Crippen LogP) is 3.47. The summed E-state index contributed by atoms with van der Waals surface area (Å²) in [7, 11) is 0. The lowest BCUT2D eigenvalue weighted by molar-refractivity contribution is 0.375. The zero-order valence-electron chi connectivity index (χ0n) is 11.6. The van der Waals surface area contributed by atoms with Crippen molar-refractivity contribution in [3.8, 4) is 16.9 Å². The molecule has 1 aliphatic heterocycles. The van der Waals surface area contributed by atoms with Gasteiger partial charge in [-0.1, -0.05) is 23.7 Å². The molecule has 0 aliphatic carbocycles. The molecular formula is C16H15ClN4O. The number of nitrogens with two attached hydrogens (primary N) is 1. The summed E-state index contributed by atoms with van der Waals surface area (Å²) in [6.07, 6.45) is 7.28. The van der Waals surface area contributed by atoms with Crippen molar-refractivity contribution in [2.24, 2.45) is 0 Å². The van der Waals surface area contributed by atoms with E-state index in [0.717, 1.165) is 5.56 Å². The summed E-state index contributed by atoms with van der Waals surface area (Å²) in [6.45, 7) is 0. The number of nitrogen functional groups attached to an aromatic ring is 1. The number of nitrogens with zero attached hydrogens (tertiary/aromatic N) is 1. The summed E-state index contributed by atoms with van der Waals surface area (Å²) in [6, 6.07) is 10.5. The molecule has 0 saturated heterocycles. The Morgan fingerprint density at radius 1 is 1.14 bits per heavy atom. The second-order valence-corrected chi connectivity index (χ2v) is 5.19. The van der Waals surface area contributed by atoms with E-state index in [4.69, 9.17) is 17.3 Å². The fourth-order valence-corrected chi connectivity index (χ4v) is 2.30. The van der Waals surface area contributed by atoms with Crippen molar-refractivity contribution in [3.63, 3.8) is 0 Å². The number of hydrogen-bond acceptors (Lipinski definition) is 5. The molecule has 22 heavy (non-hydrogen) atoms. The number of aromatic hydroxyl groups is 1. The number of rotatable bonds is 3. The van der Waals surface area contributed by atoms with Crippen LogP contribution in [0.1, 0.15) is 0 Å². The number of benzene rings is 2. The van der Waals surface area contributed by atoms with Gasteiger partial charge in [0.2, 0.25) is 0 Å². The van der Waals surface area contributed by atoms with Crippen molar-refractivity contribution < 1.29 is 5.11 Å². The standard InChI is InChI=1S/C16H15ClN4O/c17-14-9-13(11-3-5-12(18)6-4-11)16(22)10-15(14)20-21-8-2-1-7-19-21/h1-10,19-20,22H,18H2. The monoisotopic (exact) mass is 314 g/mol. The molecule has 3 rings (SSSR count). The predicted molar refractivity (Wildman–Crippen MR) is 89.8 cm³/mol. The highest BCUT2D eigenvalue weighted by molar-refractivity contribution is 6.33. The van der Waals surface area contributed by atoms with E-state index < -0.39 is 0 Å². The third kappa shape index (κ3) is 2.94.